The minimum atomic E-state index is -4.47. The van der Waals surface area contributed by atoms with Crippen LogP contribution in [0.3, 0.4) is 0 Å². The van der Waals surface area contributed by atoms with E-state index in [0.29, 0.717) is 71.2 Å². The summed E-state index contributed by atoms with van der Waals surface area (Å²) < 4.78 is 54.4. The number of nitrogens with zero attached hydrogens (tertiary/aromatic N) is 7. The van der Waals surface area contributed by atoms with Gasteiger partial charge in [-0.15, -0.1) is 0 Å². The summed E-state index contributed by atoms with van der Waals surface area (Å²) in [7, 11) is -4.47. The van der Waals surface area contributed by atoms with Gasteiger partial charge >= 0.3 is 210 Å². The number of rotatable bonds is 32. The number of sulfonamides is 1. The maximum atomic E-state index is 13.8. The molecule has 5 heterocycles. The van der Waals surface area contributed by atoms with Crippen molar-refractivity contribution in [2.24, 2.45) is 16.0 Å². The zero-order chi connectivity index (χ0) is 70.2. The number of carbonyl (C=O) groups excluding carboxylic acids is 7. The van der Waals surface area contributed by atoms with Crippen molar-refractivity contribution in [2.75, 3.05) is 131 Å². The van der Waals surface area contributed by atoms with Crippen molar-refractivity contribution in [2.45, 2.75) is 108 Å². The Bertz CT molecular complexity index is 3340. The Balaban J connectivity index is 0.833. The summed E-state index contributed by atoms with van der Waals surface area (Å²) in [5.41, 5.74) is 2.41. The summed E-state index contributed by atoms with van der Waals surface area (Å²) in [6.07, 6.45) is 2.53. The summed E-state index contributed by atoms with van der Waals surface area (Å²) in [6, 6.07) is 4.63. The van der Waals surface area contributed by atoms with Gasteiger partial charge in [0.2, 0.25) is 33.4 Å². The Labute approximate surface area is 572 Å². The molecule has 10 N–H and O–H groups in total. The van der Waals surface area contributed by atoms with Gasteiger partial charge in [0.25, 0.3) is 5.91 Å². The number of ether oxygens (including phenoxy) is 1. The van der Waals surface area contributed by atoms with Crippen LogP contribution in [0.2, 0.25) is 0 Å². The molecule has 2 aromatic rings. The normalized spacial score (nSPS) is 20.1. The number of fused-ring (bicyclic) bond motifs is 8. The molecule has 5 amide bonds. The molecule has 0 aromatic heterocycles. The number of hydrogen-bond acceptors (Lipinski definition) is 23. The zero-order valence-corrected chi connectivity index (χ0v) is 59.2. The van der Waals surface area contributed by atoms with Crippen LogP contribution in [-0.2, 0) is 61.7 Å². The zero-order valence-electron chi connectivity index (χ0n) is 55.1. The van der Waals surface area contributed by atoms with Crippen molar-refractivity contribution in [3.05, 3.63) is 64.9 Å². The van der Waals surface area contributed by atoms with Crippen LogP contribution < -0.4 is 41.4 Å². The number of azo groups is 2. The molecule has 0 saturated carbocycles. The Morgan fingerprint density at radius 3 is 2.01 bits per heavy atom. The fraction of sp³-hybridized carbons (Fsp3) is 0.597. The first-order valence-electron chi connectivity index (χ1n) is 32.6. The fourth-order valence-corrected chi connectivity index (χ4v) is 16.2. The van der Waals surface area contributed by atoms with Crippen LogP contribution in [0.15, 0.2) is 57.7 Å². The van der Waals surface area contributed by atoms with Gasteiger partial charge in [-0.3, -0.25) is 38.6 Å². The van der Waals surface area contributed by atoms with E-state index in [1.165, 1.54) is 26.0 Å². The van der Waals surface area contributed by atoms with Crippen molar-refractivity contribution >= 4 is 104 Å². The van der Waals surface area contributed by atoms with Gasteiger partial charge in [-0.2, -0.15) is 4.72 Å². The molecule has 0 aliphatic carbocycles. The summed E-state index contributed by atoms with van der Waals surface area (Å²) >= 11 is -4.10. The molecule has 33 nitrogen and oxygen atoms in total. The first-order valence-corrected chi connectivity index (χ1v) is 38.2. The number of aliphatic carboxylic acids is 3. The molecule has 97 heavy (non-hydrogen) atoms. The predicted molar refractivity (Wildman–Crippen MR) is 348 cm³/mol. The SMILES string of the molecule is C=C1CN2CCN3CCN(CC(=O)NC[C@@H](CCC(=O)O)C(=O)NC(CCC(=O)O)C(=O)NCCNC(=O)CCCOc4cc(C)c(S(=O)(=O)N[C@@H](CNC(=O)c5ccc6c(c5)C(C)N=[N+]6CCCNC5=NCCCC5)C(=O)O)c(C)c4)CCN(CC2)CC(=O)[O][In]([O]1)[O]C(=O)C3. The molecule has 4 bridgehead atoms. The van der Waals surface area contributed by atoms with Gasteiger partial charge in [-0.1, -0.05) is 4.70 Å². The van der Waals surface area contributed by atoms with Gasteiger partial charge < -0.3 is 46.6 Å². The van der Waals surface area contributed by atoms with Crippen LogP contribution in [0.5, 0.6) is 5.75 Å². The van der Waals surface area contributed by atoms with E-state index in [2.05, 4.69) is 53.1 Å². The summed E-state index contributed by atoms with van der Waals surface area (Å²) in [6.45, 7) is 13.3. The van der Waals surface area contributed by atoms with E-state index < -0.39 is 130 Å². The van der Waals surface area contributed by atoms with Gasteiger partial charge in [0.1, 0.15) is 23.9 Å². The van der Waals surface area contributed by atoms with Crippen molar-refractivity contribution in [1.29, 1.82) is 0 Å². The van der Waals surface area contributed by atoms with Crippen molar-refractivity contribution in [1.82, 2.24) is 56.2 Å². The number of nitrogens with one attached hydrogen (secondary N) is 7. The van der Waals surface area contributed by atoms with Crippen LogP contribution >= 0.6 is 0 Å². The number of carbonyl (C=O) groups is 10. The summed E-state index contributed by atoms with van der Waals surface area (Å²) in [5, 5.41) is 50.2. The third kappa shape index (κ3) is 25.2. The van der Waals surface area contributed by atoms with Crippen LogP contribution in [0.4, 0.5) is 5.69 Å². The average Bonchev–Trinajstić information content (AvgIpc) is 1.76. The molecular formula is C62H90InN14O19S+. The molecule has 3 fully saturated rings. The van der Waals surface area contributed by atoms with Crippen LogP contribution in [0.25, 0.3) is 0 Å². The predicted octanol–water partition coefficient (Wildman–Crippen LogP) is -0.614. The third-order valence-electron chi connectivity index (χ3n) is 16.7. The fourth-order valence-electron chi connectivity index (χ4n) is 11.5. The first kappa shape index (κ1) is 76.5. The minimum absolute atomic E-state index is 0.0215. The van der Waals surface area contributed by atoms with E-state index in [0.717, 1.165) is 55.9 Å². The molecule has 2 aromatic carbocycles. The average molecular weight is 1480 g/mol. The quantitative estimate of drug-likeness (QED) is 0.0322. The summed E-state index contributed by atoms with van der Waals surface area (Å²) in [5.74, 6) is -7.93. The molecule has 5 aliphatic rings. The third-order valence-corrected chi connectivity index (χ3v) is 22.6. The monoisotopic (exact) mass is 1480 g/mol. The van der Waals surface area contributed by atoms with Crippen LogP contribution in [0, 0.1) is 19.8 Å². The van der Waals surface area contributed by atoms with E-state index in [1.807, 2.05) is 26.3 Å². The Morgan fingerprint density at radius 1 is 0.732 bits per heavy atom. The van der Waals surface area contributed by atoms with Crippen molar-refractivity contribution in [3.8, 4) is 5.75 Å². The van der Waals surface area contributed by atoms with Crippen LogP contribution in [-0.4, -0.2) is 279 Å². The van der Waals surface area contributed by atoms with E-state index in [-0.39, 0.29) is 105 Å². The maximum absolute atomic E-state index is 13.8. The number of aliphatic imine (C=N–C) groups is 1. The van der Waals surface area contributed by atoms with Crippen molar-refractivity contribution < 1.29 is 89.7 Å². The van der Waals surface area contributed by atoms with Crippen LogP contribution in [0.1, 0.15) is 104 Å². The molecule has 530 valence electrons. The van der Waals surface area contributed by atoms with E-state index in [4.69, 9.17) is 18.4 Å². The second-order valence-electron chi connectivity index (χ2n) is 24.4. The van der Waals surface area contributed by atoms with Gasteiger partial charge in [0, 0.05) is 76.5 Å². The second-order valence-corrected chi connectivity index (χ2v) is 29.7. The number of hydrogen-bond donors (Lipinski definition) is 10. The first-order chi connectivity index (χ1) is 46.3. The number of amides is 5. The molecule has 5 aliphatic heterocycles. The van der Waals surface area contributed by atoms with E-state index in [1.54, 1.807) is 18.2 Å². The molecular weight excluding hydrogens is 1390 g/mol. The number of aryl methyl sites for hydroxylation is 2. The number of benzene rings is 2. The topological polar surface area (TPSA) is 427 Å². The Hall–Kier alpha value is -7.83. The molecule has 3 saturated heterocycles. The molecule has 6 atom stereocenters. The Morgan fingerprint density at radius 2 is 1.37 bits per heavy atom. The molecule has 4 unspecified atom stereocenters. The molecule has 7 rings (SSSR count). The Kier molecular flexibility index (Phi) is 29.8. The van der Waals surface area contributed by atoms with E-state index >= 15 is 0 Å². The molecule has 0 spiro atoms. The van der Waals surface area contributed by atoms with E-state index in [9.17, 15) is 71.7 Å². The molecule has 0 radical (unpaired) electrons. The second kappa shape index (κ2) is 37.8. The number of amidine groups is 1. The number of carboxylic acid groups (broad SMARTS) is 3. The number of carboxylic acids is 3. The van der Waals surface area contributed by atoms with Crippen molar-refractivity contribution in [3.63, 3.8) is 0 Å². The van der Waals surface area contributed by atoms with Gasteiger partial charge in [-0.25, -0.2) is 8.42 Å². The van der Waals surface area contributed by atoms with Gasteiger partial charge in [0.15, 0.2) is 6.54 Å². The van der Waals surface area contributed by atoms with Gasteiger partial charge in [-0.05, 0) is 93.4 Å². The summed E-state index contributed by atoms with van der Waals surface area (Å²) in [4.78, 5) is 141. The standard InChI is InChI=1S/C62H92N14O19S.In/c1-40-31-46(32-41(2)58(40)96(93,94)71-49(62(91)92)35-68-59(88)44-11-14-50-47(33-44)43(4)70-76(50)21-8-18-64-51-9-5-6-17-63-51)95-30-7-10-52(78)65-19-20-66-61(90)48(13-16-55(82)83)69-60(89)45(12-15-54(80)81)34-67-53(79)37-73-24-28-74(38-56(84)85)26-22-72(36-42(3)77)23-27-75(29-25-73)39-57(86)87;/h11,14,31-33,43,45,48-49,71H,3,5-10,12-13,15-30,34-39H2,1-2,4H3,(H11-,63,64,65,66,67,68,69,77,78,79,80,81,82,83,84,85,86,87,88,89,90,91,92);/q;+3/p-2/t43?,45-,48?,49+;/m1./s1. The van der Waals surface area contributed by atoms with Gasteiger partial charge in [0.05, 0.1) is 22.9 Å². The molecule has 35 heteroatoms.